The van der Waals surface area contributed by atoms with Crippen molar-refractivity contribution in [2.75, 3.05) is 17.1 Å². The summed E-state index contributed by atoms with van der Waals surface area (Å²) < 4.78 is 27.7. The van der Waals surface area contributed by atoms with Gasteiger partial charge in [0.1, 0.15) is 0 Å². The fourth-order valence-corrected chi connectivity index (χ4v) is 3.31. The first kappa shape index (κ1) is 15.3. The van der Waals surface area contributed by atoms with E-state index in [9.17, 15) is 8.42 Å². The summed E-state index contributed by atoms with van der Waals surface area (Å²) in [6.07, 6.45) is 1.46. The number of anilines is 2. The van der Waals surface area contributed by atoms with Crippen LogP contribution in [-0.2, 0) is 10.0 Å². The van der Waals surface area contributed by atoms with Crippen LogP contribution in [0.1, 0.15) is 25.3 Å². The normalized spacial score (nSPS) is 11.4. The Morgan fingerprint density at radius 1 is 1.05 bits per heavy atom. The lowest BCUT2D eigenvalue weighted by Gasteiger charge is -2.15. The molecule has 0 amide bonds. The summed E-state index contributed by atoms with van der Waals surface area (Å²) in [5.74, 6) is 0.219. The number of sulfonamides is 1. The van der Waals surface area contributed by atoms with Crippen LogP contribution >= 0.6 is 0 Å². The summed E-state index contributed by atoms with van der Waals surface area (Å²) >= 11 is 0. The lowest BCUT2D eigenvalue weighted by molar-refractivity contribution is 0.598. The first-order chi connectivity index (χ1) is 9.95. The van der Waals surface area contributed by atoms with Gasteiger partial charge in [-0.05, 0) is 29.7 Å². The monoisotopic (exact) mass is 305 g/mol. The Morgan fingerprint density at radius 3 is 2.38 bits per heavy atom. The number of aromatic nitrogens is 1. The summed E-state index contributed by atoms with van der Waals surface area (Å²) in [5.41, 5.74) is 2.00. The molecule has 6 heteroatoms. The molecule has 1 aromatic heterocycles. The Balaban J connectivity index is 2.43. The van der Waals surface area contributed by atoms with Crippen molar-refractivity contribution in [3.05, 3.63) is 48.2 Å². The minimum atomic E-state index is -3.74. The molecule has 0 saturated carbocycles. The van der Waals surface area contributed by atoms with Crippen LogP contribution in [0.3, 0.4) is 0 Å². The van der Waals surface area contributed by atoms with E-state index in [1.807, 2.05) is 26.0 Å². The van der Waals surface area contributed by atoms with Crippen LogP contribution in [0.2, 0.25) is 0 Å². The SMILES string of the molecule is CNc1cccnc1S(=O)(=O)Nc1ccccc1C(C)C. The Labute approximate surface area is 125 Å². The molecule has 0 radical (unpaired) electrons. The molecule has 0 spiro atoms. The van der Waals surface area contributed by atoms with Gasteiger partial charge in [0.15, 0.2) is 5.03 Å². The number of nitrogens with one attached hydrogen (secondary N) is 2. The molecule has 0 saturated heterocycles. The highest BCUT2D eigenvalue weighted by Crippen LogP contribution is 2.27. The Morgan fingerprint density at radius 2 is 1.71 bits per heavy atom. The number of rotatable bonds is 5. The average molecular weight is 305 g/mol. The highest BCUT2D eigenvalue weighted by atomic mass is 32.2. The Hall–Kier alpha value is -2.08. The zero-order valence-corrected chi connectivity index (χ0v) is 13.1. The van der Waals surface area contributed by atoms with E-state index in [0.29, 0.717) is 11.4 Å². The van der Waals surface area contributed by atoms with Crippen molar-refractivity contribution in [2.45, 2.75) is 24.8 Å². The van der Waals surface area contributed by atoms with E-state index in [0.717, 1.165) is 5.56 Å². The quantitative estimate of drug-likeness (QED) is 0.890. The van der Waals surface area contributed by atoms with Crippen molar-refractivity contribution in [3.63, 3.8) is 0 Å². The van der Waals surface area contributed by atoms with E-state index in [-0.39, 0.29) is 10.9 Å². The van der Waals surface area contributed by atoms with Gasteiger partial charge in [0, 0.05) is 13.2 Å². The molecule has 5 nitrogen and oxygen atoms in total. The zero-order valence-electron chi connectivity index (χ0n) is 12.3. The highest BCUT2D eigenvalue weighted by Gasteiger charge is 2.21. The molecule has 1 heterocycles. The van der Waals surface area contributed by atoms with Gasteiger partial charge < -0.3 is 5.32 Å². The summed E-state index contributed by atoms with van der Waals surface area (Å²) in [7, 11) is -2.07. The average Bonchev–Trinajstić information content (AvgIpc) is 2.47. The summed E-state index contributed by atoms with van der Waals surface area (Å²) in [6, 6.07) is 10.7. The van der Waals surface area contributed by atoms with Crippen molar-refractivity contribution in [2.24, 2.45) is 0 Å². The van der Waals surface area contributed by atoms with Crippen molar-refractivity contribution >= 4 is 21.4 Å². The molecule has 1 aromatic carbocycles. The number of hydrogen-bond acceptors (Lipinski definition) is 4. The molecular weight excluding hydrogens is 286 g/mol. The second-order valence-electron chi connectivity index (χ2n) is 4.95. The van der Waals surface area contributed by atoms with Crippen LogP contribution in [0, 0.1) is 0 Å². The minimum absolute atomic E-state index is 0.00828. The molecule has 0 atom stereocenters. The largest absolute Gasteiger partial charge is 0.386 e. The van der Waals surface area contributed by atoms with E-state index in [2.05, 4.69) is 15.0 Å². The van der Waals surface area contributed by atoms with E-state index in [4.69, 9.17) is 0 Å². The van der Waals surface area contributed by atoms with Crippen LogP contribution in [0.5, 0.6) is 0 Å². The van der Waals surface area contributed by atoms with Gasteiger partial charge in [-0.3, -0.25) is 4.72 Å². The molecule has 2 N–H and O–H groups in total. The highest BCUT2D eigenvalue weighted by molar-refractivity contribution is 7.92. The van der Waals surface area contributed by atoms with E-state index in [1.165, 1.54) is 6.20 Å². The fourth-order valence-electron chi connectivity index (χ4n) is 2.08. The Kier molecular flexibility index (Phi) is 4.47. The molecule has 0 aliphatic carbocycles. The maximum Gasteiger partial charge on any atom is 0.281 e. The van der Waals surface area contributed by atoms with Crippen molar-refractivity contribution in [3.8, 4) is 0 Å². The maximum absolute atomic E-state index is 12.5. The standard InChI is InChI=1S/C15H19N3O2S/c1-11(2)12-7-4-5-8-13(12)18-21(19,20)15-14(16-3)9-6-10-17-15/h4-11,16,18H,1-3H3. The van der Waals surface area contributed by atoms with Crippen molar-refractivity contribution < 1.29 is 8.42 Å². The van der Waals surface area contributed by atoms with Gasteiger partial charge in [0.2, 0.25) is 0 Å². The zero-order chi connectivity index (χ0) is 15.5. The molecule has 0 aliphatic rings. The number of benzene rings is 1. The fraction of sp³-hybridized carbons (Fsp3) is 0.267. The molecule has 112 valence electrons. The van der Waals surface area contributed by atoms with Gasteiger partial charge in [0.25, 0.3) is 10.0 Å². The predicted molar refractivity (Wildman–Crippen MR) is 85.1 cm³/mol. The van der Waals surface area contributed by atoms with Crippen LogP contribution in [0.4, 0.5) is 11.4 Å². The molecule has 0 unspecified atom stereocenters. The first-order valence-corrected chi connectivity index (χ1v) is 8.18. The second-order valence-corrected chi connectivity index (χ2v) is 6.55. The second kappa shape index (κ2) is 6.13. The summed E-state index contributed by atoms with van der Waals surface area (Å²) in [6.45, 7) is 4.04. The van der Waals surface area contributed by atoms with Crippen LogP contribution in [0.25, 0.3) is 0 Å². The number of pyridine rings is 1. The van der Waals surface area contributed by atoms with Gasteiger partial charge in [-0.2, -0.15) is 8.42 Å². The number of hydrogen-bond donors (Lipinski definition) is 2. The number of para-hydroxylation sites is 1. The molecule has 2 rings (SSSR count). The molecule has 21 heavy (non-hydrogen) atoms. The topological polar surface area (TPSA) is 71.1 Å². The van der Waals surface area contributed by atoms with Gasteiger partial charge in [-0.1, -0.05) is 32.0 Å². The summed E-state index contributed by atoms with van der Waals surface area (Å²) in [4.78, 5) is 3.98. The lowest BCUT2D eigenvalue weighted by Crippen LogP contribution is -2.17. The van der Waals surface area contributed by atoms with Crippen LogP contribution in [-0.4, -0.2) is 20.4 Å². The third-order valence-electron chi connectivity index (χ3n) is 3.12. The van der Waals surface area contributed by atoms with Crippen LogP contribution in [0.15, 0.2) is 47.6 Å². The molecule has 2 aromatic rings. The summed E-state index contributed by atoms with van der Waals surface area (Å²) in [5, 5.41) is 2.83. The maximum atomic E-state index is 12.5. The Bertz CT molecular complexity index is 727. The van der Waals surface area contributed by atoms with Gasteiger partial charge in [-0.25, -0.2) is 4.98 Å². The lowest BCUT2D eigenvalue weighted by atomic mass is 10.0. The molecule has 0 bridgehead atoms. The van der Waals surface area contributed by atoms with Gasteiger partial charge in [-0.15, -0.1) is 0 Å². The first-order valence-electron chi connectivity index (χ1n) is 6.70. The van der Waals surface area contributed by atoms with Crippen molar-refractivity contribution in [1.29, 1.82) is 0 Å². The van der Waals surface area contributed by atoms with E-state index in [1.54, 1.807) is 31.3 Å². The minimum Gasteiger partial charge on any atom is -0.386 e. The third-order valence-corrected chi connectivity index (χ3v) is 4.45. The smallest absolute Gasteiger partial charge is 0.281 e. The third kappa shape index (κ3) is 3.33. The molecular formula is C15H19N3O2S. The predicted octanol–water partition coefficient (Wildman–Crippen LogP) is 3.05. The van der Waals surface area contributed by atoms with Gasteiger partial charge >= 0.3 is 0 Å². The van der Waals surface area contributed by atoms with Crippen LogP contribution < -0.4 is 10.0 Å². The van der Waals surface area contributed by atoms with E-state index >= 15 is 0 Å². The molecule has 0 fully saturated rings. The number of nitrogens with zero attached hydrogens (tertiary/aromatic N) is 1. The van der Waals surface area contributed by atoms with Gasteiger partial charge in [0.05, 0.1) is 11.4 Å². The molecule has 0 aliphatic heterocycles. The van der Waals surface area contributed by atoms with E-state index < -0.39 is 10.0 Å². The van der Waals surface area contributed by atoms with Crippen molar-refractivity contribution in [1.82, 2.24) is 4.98 Å².